The molecule has 23 heavy (non-hydrogen) atoms. The number of guanidine groups is 1. The quantitative estimate of drug-likeness (QED) is 0.670. The minimum atomic E-state index is 0.749. The molecule has 0 atom stereocenters. The molecule has 2 aromatic rings. The number of aromatic nitrogens is 1. The van der Waals surface area contributed by atoms with E-state index in [1.165, 1.54) is 4.88 Å². The number of nitrogens with one attached hydrogen (secondary N) is 1. The Bertz CT molecular complexity index is 588. The molecule has 1 aliphatic heterocycles. The molecule has 1 fully saturated rings. The Labute approximate surface area is 140 Å². The smallest absolute Gasteiger partial charge is 0.194 e. The van der Waals surface area contributed by atoms with Crippen LogP contribution in [0.25, 0.3) is 0 Å². The lowest BCUT2D eigenvalue weighted by Gasteiger charge is -2.36. The Hall–Kier alpha value is -1.86. The van der Waals surface area contributed by atoms with Crippen molar-refractivity contribution in [2.45, 2.75) is 20.0 Å². The molecule has 2 aromatic heterocycles. The molecule has 0 aromatic carbocycles. The van der Waals surface area contributed by atoms with Gasteiger partial charge in [-0.05, 0) is 18.4 Å². The Morgan fingerprint density at radius 1 is 1.35 bits per heavy atom. The van der Waals surface area contributed by atoms with Gasteiger partial charge in [0.15, 0.2) is 5.96 Å². The zero-order chi connectivity index (χ0) is 15.9. The summed E-state index contributed by atoms with van der Waals surface area (Å²) in [7, 11) is 0. The standard InChI is InChI=1S/C16H23N5OS/c1-2-17-16(18-12-15-4-3-11-23-15)21-8-6-20(7-9-21)13-14-5-10-22-19-14/h3-5,10-11H,2,6-9,12-13H2,1H3,(H,17,18). The Morgan fingerprint density at radius 2 is 2.22 bits per heavy atom. The lowest BCUT2D eigenvalue weighted by molar-refractivity contribution is 0.169. The summed E-state index contributed by atoms with van der Waals surface area (Å²) >= 11 is 1.75. The summed E-state index contributed by atoms with van der Waals surface area (Å²) in [6, 6.07) is 6.14. The zero-order valence-electron chi connectivity index (χ0n) is 13.4. The van der Waals surface area contributed by atoms with E-state index in [-0.39, 0.29) is 0 Å². The molecule has 0 spiro atoms. The van der Waals surface area contributed by atoms with Crippen molar-refractivity contribution < 1.29 is 4.52 Å². The van der Waals surface area contributed by atoms with Crippen LogP contribution in [0.1, 0.15) is 17.5 Å². The number of aliphatic imine (C=N–C) groups is 1. The van der Waals surface area contributed by atoms with Gasteiger partial charge in [-0.1, -0.05) is 11.2 Å². The van der Waals surface area contributed by atoms with Gasteiger partial charge in [-0.3, -0.25) is 4.90 Å². The van der Waals surface area contributed by atoms with Crippen LogP contribution in [0.2, 0.25) is 0 Å². The summed E-state index contributed by atoms with van der Waals surface area (Å²) in [6.07, 6.45) is 1.63. The van der Waals surface area contributed by atoms with Crippen molar-refractivity contribution >= 4 is 17.3 Å². The first-order valence-corrected chi connectivity index (χ1v) is 8.90. The van der Waals surface area contributed by atoms with E-state index >= 15 is 0 Å². The highest BCUT2D eigenvalue weighted by Crippen LogP contribution is 2.11. The van der Waals surface area contributed by atoms with Crippen molar-refractivity contribution in [3.05, 3.63) is 40.4 Å². The normalized spacial score (nSPS) is 16.7. The number of rotatable bonds is 5. The molecule has 0 radical (unpaired) electrons. The molecule has 124 valence electrons. The highest BCUT2D eigenvalue weighted by atomic mass is 32.1. The monoisotopic (exact) mass is 333 g/mol. The van der Waals surface area contributed by atoms with Crippen molar-refractivity contribution in [2.75, 3.05) is 32.7 Å². The molecule has 0 amide bonds. The third-order valence-electron chi connectivity index (χ3n) is 3.85. The van der Waals surface area contributed by atoms with E-state index in [4.69, 9.17) is 9.52 Å². The molecule has 6 nitrogen and oxygen atoms in total. The van der Waals surface area contributed by atoms with E-state index in [2.05, 4.69) is 44.7 Å². The second kappa shape index (κ2) is 8.12. The molecule has 1 aliphatic rings. The van der Waals surface area contributed by atoms with Crippen molar-refractivity contribution in [1.82, 2.24) is 20.3 Å². The fraction of sp³-hybridized carbons (Fsp3) is 0.500. The Balaban J connectivity index is 1.53. The zero-order valence-corrected chi connectivity index (χ0v) is 14.3. The van der Waals surface area contributed by atoms with Gasteiger partial charge in [0, 0.05) is 50.2 Å². The van der Waals surface area contributed by atoms with Gasteiger partial charge < -0.3 is 14.7 Å². The van der Waals surface area contributed by atoms with E-state index < -0.39 is 0 Å². The Morgan fingerprint density at radius 3 is 2.87 bits per heavy atom. The lowest BCUT2D eigenvalue weighted by Crippen LogP contribution is -2.52. The minimum absolute atomic E-state index is 0.749. The third-order valence-corrected chi connectivity index (χ3v) is 4.71. The van der Waals surface area contributed by atoms with Crippen LogP contribution in [0.15, 0.2) is 39.4 Å². The van der Waals surface area contributed by atoms with Gasteiger partial charge in [0.2, 0.25) is 0 Å². The molecule has 3 heterocycles. The minimum Gasteiger partial charge on any atom is -0.364 e. The number of hydrogen-bond acceptors (Lipinski definition) is 5. The second-order valence-electron chi connectivity index (χ2n) is 5.50. The van der Waals surface area contributed by atoms with Gasteiger partial charge in [0.1, 0.15) is 6.26 Å². The van der Waals surface area contributed by atoms with Crippen LogP contribution in [-0.2, 0) is 13.1 Å². The van der Waals surface area contributed by atoms with Gasteiger partial charge in [0.25, 0.3) is 0 Å². The molecule has 1 saturated heterocycles. The number of hydrogen-bond donors (Lipinski definition) is 1. The van der Waals surface area contributed by atoms with Crippen LogP contribution >= 0.6 is 11.3 Å². The van der Waals surface area contributed by atoms with E-state index in [9.17, 15) is 0 Å². The maximum atomic E-state index is 4.90. The molecule has 0 saturated carbocycles. The molecular weight excluding hydrogens is 310 g/mol. The van der Waals surface area contributed by atoms with Crippen LogP contribution in [0.4, 0.5) is 0 Å². The van der Waals surface area contributed by atoms with Gasteiger partial charge in [0.05, 0.1) is 12.2 Å². The van der Waals surface area contributed by atoms with Gasteiger partial charge in [-0.25, -0.2) is 4.99 Å². The van der Waals surface area contributed by atoms with Crippen LogP contribution in [0.5, 0.6) is 0 Å². The van der Waals surface area contributed by atoms with E-state index in [1.54, 1.807) is 17.6 Å². The molecule has 7 heteroatoms. The third kappa shape index (κ3) is 4.56. The summed E-state index contributed by atoms with van der Waals surface area (Å²) in [5.41, 5.74) is 0.997. The van der Waals surface area contributed by atoms with Crippen molar-refractivity contribution in [3.8, 4) is 0 Å². The van der Waals surface area contributed by atoms with Crippen molar-refractivity contribution in [2.24, 2.45) is 4.99 Å². The summed E-state index contributed by atoms with van der Waals surface area (Å²) in [4.78, 5) is 10.8. The first-order chi connectivity index (χ1) is 11.3. The maximum Gasteiger partial charge on any atom is 0.194 e. The second-order valence-corrected chi connectivity index (χ2v) is 6.54. The van der Waals surface area contributed by atoms with E-state index in [0.717, 1.165) is 57.5 Å². The van der Waals surface area contributed by atoms with Gasteiger partial charge in [-0.2, -0.15) is 0 Å². The van der Waals surface area contributed by atoms with Crippen LogP contribution in [0.3, 0.4) is 0 Å². The topological polar surface area (TPSA) is 56.9 Å². The molecular formula is C16H23N5OS. The molecule has 0 unspecified atom stereocenters. The number of piperazine rings is 1. The van der Waals surface area contributed by atoms with E-state index in [1.807, 2.05) is 6.07 Å². The van der Waals surface area contributed by atoms with Gasteiger partial charge >= 0.3 is 0 Å². The molecule has 0 bridgehead atoms. The lowest BCUT2D eigenvalue weighted by atomic mass is 10.3. The predicted octanol–water partition coefficient (Wildman–Crippen LogP) is 2.02. The van der Waals surface area contributed by atoms with Crippen LogP contribution in [-0.4, -0.2) is 53.6 Å². The average Bonchev–Trinajstić information content (AvgIpc) is 3.26. The molecule has 1 N–H and O–H groups in total. The largest absolute Gasteiger partial charge is 0.364 e. The summed E-state index contributed by atoms with van der Waals surface area (Å²) in [6.45, 7) is 8.59. The first kappa shape index (κ1) is 16.0. The fourth-order valence-corrected chi connectivity index (χ4v) is 3.28. The fourth-order valence-electron chi connectivity index (χ4n) is 2.65. The van der Waals surface area contributed by atoms with Gasteiger partial charge in [-0.15, -0.1) is 11.3 Å². The first-order valence-electron chi connectivity index (χ1n) is 8.02. The number of thiophene rings is 1. The van der Waals surface area contributed by atoms with Crippen molar-refractivity contribution in [3.63, 3.8) is 0 Å². The van der Waals surface area contributed by atoms with Crippen LogP contribution in [0, 0.1) is 0 Å². The summed E-state index contributed by atoms with van der Waals surface area (Å²) in [5.74, 6) is 1.02. The maximum absolute atomic E-state index is 4.90. The highest BCUT2D eigenvalue weighted by Gasteiger charge is 2.20. The van der Waals surface area contributed by atoms with Crippen LogP contribution < -0.4 is 5.32 Å². The SMILES string of the molecule is CCNC(=NCc1cccs1)N1CCN(Cc2ccon2)CC1. The van der Waals surface area contributed by atoms with Crippen molar-refractivity contribution in [1.29, 1.82) is 0 Å². The highest BCUT2D eigenvalue weighted by molar-refractivity contribution is 7.09. The summed E-state index contributed by atoms with van der Waals surface area (Å²) < 4.78 is 4.90. The van der Waals surface area contributed by atoms with E-state index in [0.29, 0.717) is 0 Å². The predicted molar refractivity (Wildman–Crippen MR) is 92.5 cm³/mol. The summed E-state index contributed by atoms with van der Waals surface area (Å²) in [5, 5.41) is 9.49. The molecule has 3 rings (SSSR count). The Kier molecular flexibility index (Phi) is 5.65. The number of nitrogens with zero attached hydrogens (tertiary/aromatic N) is 4. The average molecular weight is 333 g/mol. The molecule has 0 aliphatic carbocycles.